The molecule has 1 aliphatic rings. The molecule has 0 aromatic carbocycles. The Labute approximate surface area is 121 Å². The monoisotopic (exact) mass is 268 g/mol. The summed E-state index contributed by atoms with van der Waals surface area (Å²) in [7, 11) is 0. The van der Waals surface area contributed by atoms with Gasteiger partial charge in [-0.3, -0.25) is 0 Å². The van der Waals surface area contributed by atoms with E-state index in [1.54, 1.807) is 0 Å². The zero-order valence-corrected chi connectivity index (χ0v) is 14.0. The quantitative estimate of drug-likeness (QED) is 0.753. The maximum atomic E-state index is 3.58. The molecule has 0 saturated carbocycles. The third-order valence-electron chi connectivity index (χ3n) is 4.67. The molecule has 114 valence electrons. The molecule has 1 atom stereocenters. The van der Waals surface area contributed by atoms with Gasteiger partial charge in [0.15, 0.2) is 0 Å². The zero-order chi connectivity index (χ0) is 14.3. The van der Waals surface area contributed by atoms with Gasteiger partial charge in [-0.15, -0.1) is 0 Å². The van der Waals surface area contributed by atoms with Crippen LogP contribution < -0.4 is 5.32 Å². The molecule has 0 spiro atoms. The van der Waals surface area contributed by atoms with Gasteiger partial charge in [-0.25, -0.2) is 0 Å². The van der Waals surface area contributed by atoms with Crippen molar-refractivity contribution in [2.24, 2.45) is 11.3 Å². The van der Waals surface area contributed by atoms with Crippen molar-refractivity contribution in [3.05, 3.63) is 0 Å². The van der Waals surface area contributed by atoms with Gasteiger partial charge in [0.25, 0.3) is 0 Å². The van der Waals surface area contributed by atoms with Crippen LogP contribution in [0.15, 0.2) is 0 Å². The molecule has 0 bridgehead atoms. The van der Waals surface area contributed by atoms with E-state index in [2.05, 4.69) is 44.8 Å². The lowest BCUT2D eigenvalue weighted by Gasteiger charge is -2.38. The van der Waals surface area contributed by atoms with Crippen molar-refractivity contribution in [1.29, 1.82) is 0 Å². The van der Waals surface area contributed by atoms with E-state index in [0.717, 1.165) is 12.5 Å². The molecule has 0 amide bonds. The van der Waals surface area contributed by atoms with Gasteiger partial charge in [0.05, 0.1) is 0 Å². The SMILES string of the molecule is CCCNC(C)CCCN1CCC(C(C)(C)C)CC1. The third-order valence-corrected chi connectivity index (χ3v) is 4.67. The highest BCUT2D eigenvalue weighted by molar-refractivity contribution is 4.80. The molecule has 0 radical (unpaired) electrons. The summed E-state index contributed by atoms with van der Waals surface area (Å²) in [5.74, 6) is 0.925. The summed E-state index contributed by atoms with van der Waals surface area (Å²) in [6.07, 6.45) is 6.70. The Hall–Kier alpha value is -0.0800. The maximum Gasteiger partial charge on any atom is 0.00391 e. The lowest BCUT2D eigenvalue weighted by molar-refractivity contribution is 0.110. The Morgan fingerprint density at radius 1 is 1.21 bits per heavy atom. The van der Waals surface area contributed by atoms with Gasteiger partial charge < -0.3 is 10.2 Å². The van der Waals surface area contributed by atoms with Crippen LogP contribution in [0.5, 0.6) is 0 Å². The minimum Gasteiger partial charge on any atom is -0.314 e. The van der Waals surface area contributed by atoms with Crippen molar-refractivity contribution in [1.82, 2.24) is 10.2 Å². The first kappa shape index (κ1) is 17.0. The second-order valence-electron chi connectivity index (χ2n) is 7.48. The van der Waals surface area contributed by atoms with Crippen LogP contribution in [0.25, 0.3) is 0 Å². The third kappa shape index (κ3) is 6.76. The molecular formula is C17H36N2. The first-order valence-corrected chi connectivity index (χ1v) is 8.39. The Kier molecular flexibility index (Phi) is 7.38. The minimum absolute atomic E-state index is 0.505. The number of likely N-dealkylation sites (tertiary alicyclic amines) is 1. The van der Waals surface area contributed by atoms with Crippen LogP contribution in [-0.4, -0.2) is 37.1 Å². The normalized spacial score (nSPS) is 20.7. The average molecular weight is 268 g/mol. The van der Waals surface area contributed by atoms with Gasteiger partial charge in [0.2, 0.25) is 0 Å². The Bertz CT molecular complexity index is 224. The van der Waals surface area contributed by atoms with Gasteiger partial charge in [0, 0.05) is 6.04 Å². The Balaban J connectivity index is 2.10. The molecule has 1 aliphatic heterocycles. The number of piperidine rings is 1. The van der Waals surface area contributed by atoms with E-state index in [-0.39, 0.29) is 0 Å². The molecule has 1 fully saturated rings. The van der Waals surface area contributed by atoms with Gasteiger partial charge >= 0.3 is 0 Å². The van der Waals surface area contributed by atoms with Crippen LogP contribution >= 0.6 is 0 Å². The van der Waals surface area contributed by atoms with Crippen molar-refractivity contribution in [3.63, 3.8) is 0 Å². The van der Waals surface area contributed by atoms with Crippen LogP contribution in [-0.2, 0) is 0 Å². The summed E-state index contributed by atoms with van der Waals surface area (Å²) in [6.45, 7) is 16.8. The standard InChI is InChI=1S/C17H36N2/c1-6-11-18-15(2)8-7-12-19-13-9-16(10-14-19)17(3,4)5/h15-16,18H,6-14H2,1-5H3. The molecule has 2 nitrogen and oxygen atoms in total. The predicted octanol–water partition coefficient (Wildman–Crippen LogP) is 3.91. The van der Waals surface area contributed by atoms with E-state index in [1.807, 2.05) is 0 Å². The highest BCUT2D eigenvalue weighted by Gasteiger charge is 2.28. The Morgan fingerprint density at radius 3 is 2.37 bits per heavy atom. The molecule has 19 heavy (non-hydrogen) atoms. The number of rotatable bonds is 7. The van der Waals surface area contributed by atoms with Gasteiger partial charge in [-0.2, -0.15) is 0 Å². The summed E-state index contributed by atoms with van der Waals surface area (Å²) >= 11 is 0. The fourth-order valence-corrected chi connectivity index (χ4v) is 3.14. The van der Waals surface area contributed by atoms with Crippen molar-refractivity contribution in [2.45, 2.75) is 72.8 Å². The molecule has 1 unspecified atom stereocenters. The van der Waals surface area contributed by atoms with Crippen molar-refractivity contribution >= 4 is 0 Å². The van der Waals surface area contributed by atoms with E-state index in [9.17, 15) is 0 Å². The predicted molar refractivity (Wildman–Crippen MR) is 85.6 cm³/mol. The fraction of sp³-hybridized carbons (Fsp3) is 1.00. The lowest BCUT2D eigenvalue weighted by Crippen LogP contribution is -2.38. The molecular weight excluding hydrogens is 232 g/mol. The second kappa shape index (κ2) is 8.26. The van der Waals surface area contributed by atoms with Crippen molar-refractivity contribution < 1.29 is 0 Å². The average Bonchev–Trinajstić information content (AvgIpc) is 2.36. The van der Waals surface area contributed by atoms with E-state index in [1.165, 1.54) is 51.7 Å². The number of hydrogen-bond acceptors (Lipinski definition) is 2. The molecule has 1 rings (SSSR count). The molecule has 1 heterocycles. The molecule has 0 aromatic rings. The zero-order valence-electron chi connectivity index (χ0n) is 14.0. The molecule has 1 N–H and O–H groups in total. The largest absolute Gasteiger partial charge is 0.314 e. The van der Waals surface area contributed by atoms with Gasteiger partial charge in [-0.05, 0) is 76.5 Å². The summed E-state index contributed by atoms with van der Waals surface area (Å²) in [6, 6.07) is 0.687. The van der Waals surface area contributed by atoms with E-state index < -0.39 is 0 Å². The second-order valence-corrected chi connectivity index (χ2v) is 7.48. The van der Waals surface area contributed by atoms with Gasteiger partial charge in [-0.1, -0.05) is 27.7 Å². The number of hydrogen-bond donors (Lipinski definition) is 1. The first-order valence-electron chi connectivity index (χ1n) is 8.39. The summed E-state index contributed by atoms with van der Waals surface area (Å²) in [5.41, 5.74) is 0.505. The molecule has 1 saturated heterocycles. The topological polar surface area (TPSA) is 15.3 Å². The van der Waals surface area contributed by atoms with E-state index >= 15 is 0 Å². The van der Waals surface area contributed by atoms with Crippen LogP contribution in [0.3, 0.4) is 0 Å². The molecule has 0 aliphatic carbocycles. The summed E-state index contributed by atoms with van der Waals surface area (Å²) in [4.78, 5) is 2.68. The minimum atomic E-state index is 0.505. The summed E-state index contributed by atoms with van der Waals surface area (Å²) < 4.78 is 0. The van der Waals surface area contributed by atoms with E-state index in [4.69, 9.17) is 0 Å². The molecule has 0 aromatic heterocycles. The van der Waals surface area contributed by atoms with Crippen LogP contribution in [0.4, 0.5) is 0 Å². The highest BCUT2D eigenvalue weighted by atomic mass is 15.1. The van der Waals surface area contributed by atoms with Crippen molar-refractivity contribution in [3.8, 4) is 0 Å². The fourth-order valence-electron chi connectivity index (χ4n) is 3.14. The van der Waals surface area contributed by atoms with Crippen LogP contribution in [0, 0.1) is 11.3 Å². The van der Waals surface area contributed by atoms with E-state index in [0.29, 0.717) is 11.5 Å². The van der Waals surface area contributed by atoms with Gasteiger partial charge in [0.1, 0.15) is 0 Å². The lowest BCUT2D eigenvalue weighted by atomic mass is 9.75. The van der Waals surface area contributed by atoms with Crippen LogP contribution in [0.2, 0.25) is 0 Å². The molecule has 2 heteroatoms. The number of nitrogens with one attached hydrogen (secondary N) is 1. The first-order chi connectivity index (χ1) is 8.93. The maximum absolute atomic E-state index is 3.58. The summed E-state index contributed by atoms with van der Waals surface area (Å²) in [5, 5.41) is 3.58. The highest BCUT2D eigenvalue weighted by Crippen LogP contribution is 2.34. The van der Waals surface area contributed by atoms with Crippen LogP contribution in [0.1, 0.15) is 66.7 Å². The number of nitrogens with zero attached hydrogens (tertiary/aromatic N) is 1. The smallest absolute Gasteiger partial charge is 0.00391 e. The van der Waals surface area contributed by atoms with Crippen molar-refractivity contribution in [2.75, 3.05) is 26.2 Å². The Morgan fingerprint density at radius 2 is 1.84 bits per heavy atom.